The molecule has 0 amide bonds. The highest BCUT2D eigenvalue weighted by atomic mass is 16.4. The average molecular weight is 223 g/mol. The Bertz CT molecular complexity index is 300. The van der Waals surface area contributed by atoms with Crippen molar-refractivity contribution >= 4 is 0 Å². The second-order valence-corrected chi connectivity index (χ2v) is 4.70. The molecule has 0 radical (unpaired) electrons. The zero-order valence-corrected chi connectivity index (χ0v) is 9.98. The smallest absolute Gasteiger partial charge is 0.135 e. The summed E-state index contributed by atoms with van der Waals surface area (Å²) >= 11 is 0. The second-order valence-electron chi connectivity index (χ2n) is 4.70. The van der Waals surface area contributed by atoms with Crippen molar-refractivity contribution in [3.8, 4) is 0 Å². The Hall–Kier alpha value is -0.800. The fourth-order valence-electron chi connectivity index (χ4n) is 2.32. The molecule has 1 aromatic heterocycles. The van der Waals surface area contributed by atoms with E-state index in [1.54, 1.807) is 6.26 Å². The van der Waals surface area contributed by atoms with Gasteiger partial charge in [-0.15, -0.1) is 0 Å². The zero-order valence-electron chi connectivity index (χ0n) is 9.98. The molecular formula is C13H21NO2. The minimum absolute atomic E-state index is 0.725. The number of piperidine rings is 1. The van der Waals surface area contributed by atoms with Crippen LogP contribution < -0.4 is 0 Å². The molecule has 2 rings (SSSR count). The Balaban J connectivity index is 1.89. The van der Waals surface area contributed by atoms with Crippen LogP contribution in [0.15, 0.2) is 22.8 Å². The third-order valence-electron chi connectivity index (χ3n) is 3.49. The number of nitrogens with zero attached hydrogens (tertiary/aromatic N) is 1. The molecule has 0 unspecified atom stereocenters. The van der Waals surface area contributed by atoms with Gasteiger partial charge in [-0.3, -0.25) is 0 Å². The summed E-state index contributed by atoms with van der Waals surface area (Å²) in [5.41, 5.74) is -0.730. The monoisotopic (exact) mass is 223 g/mol. The van der Waals surface area contributed by atoms with E-state index >= 15 is 0 Å². The van der Waals surface area contributed by atoms with Gasteiger partial charge in [0.15, 0.2) is 0 Å². The van der Waals surface area contributed by atoms with E-state index in [0.717, 1.165) is 38.2 Å². The first-order valence-electron chi connectivity index (χ1n) is 6.23. The molecule has 1 N–H and O–H groups in total. The van der Waals surface area contributed by atoms with E-state index < -0.39 is 5.60 Å². The summed E-state index contributed by atoms with van der Waals surface area (Å²) in [4.78, 5) is 2.43. The van der Waals surface area contributed by atoms with Crippen LogP contribution in [0.2, 0.25) is 0 Å². The minimum Gasteiger partial charge on any atom is -0.466 e. The number of hydrogen-bond donors (Lipinski definition) is 1. The summed E-state index contributed by atoms with van der Waals surface area (Å²) in [6, 6.07) is 3.72. The maximum Gasteiger partial charge on any atom is 0.135 e. The third-order valence-corrected chi connectivity index (χ3v) is 3.49. The van der Waals surface area contributed by atoms with Gasteiger partial charge in [0.25, 0.3) is 0 Å². The molecule has 0 bridgehead atoms. The van der Waals surface area contributed by atoms with E-state index in [2.05, 4.69) is 11.8 Å². The van der Waals surface area contributed by atoms with Crippen LogP contribution in [0.5, 0.6) is 0 Å². The Labute approximate surface area is 97.1 Å². The van der Waals surface area contributed by atoms with Crippen molar-refractivity contribution in [3.05, 3.63) is 24.2 Å². The van der Waals surface area contributed by atoms with E-state index in [1.165, 1.54) is 12.8 Å². The fourth-order valence-corrected chi connectivity index (χ4v) is 2.32. The molecule has 90 valence electrons. The summed E-state index contributed by atoms with van der Waals surface area (Å²) in [6.45, 7) is 5.31. The molecule has 3 heteroatoms. The molecule has 1 aliphatic heterocycles. The highest BCUT2D eigenvalue weighted by Gasteiger charge is 2.35. The third kappa shape index (κ3) is 2.47. The molecule has 1 aliphatic rings. The summed E-state index contributed by atoms with van der Waals surface area (Å²) in [6.07, 6.45) is 5.68. The molecule has 3 nitrogen and oxygen atoms in total. The van der Waals surface area contributed by atoms with Crippen LogP contribution >= 0.6 is 0 Å². The predicted molar refractivity (Wildman–Crippen MR) is 63.2 cm³/mol. The van der Waals surface area contributed by atoms with Crippen LogP contribution in [0, 0.1) is 0 Å². The van der Waals surface area contributed by atoms with E-state index in [1.807, 2.05) is 12.1 Å². The van der Waals surface area contributed by atoms with E-state index in [4.69, 9.17) is 4.42 Å². The lowest BCUT2D eigenvalue weighted by Gasteiger charge is -2.36. The van der Waals surface area contributed by atoms with Gasteiger partial charge in [-0.25, -0.2) is 0 Å². The lowest BCUT2D eigenvalue weighted by Crippen LogP contribution is -2.42. The highest BCUT2D eigenvalue weighted by Crippen LogP contribution is 2.32. The van der Waals surface area contributed by atoms with Gasteiger partial charge in [-0.1, -0.05) is 13.3 Å². The molecule has 0 saturated carbocycles. The van der Waals surface area contributed by atoms with Gasteiger partial charge in [-0.2, -0.15) is 0 Å². The van der Waals surface area contributed by atoms with Crippen LogP contribution in [-0.4, -0.2) is 29.6 Å². The molecule has 0 aliphatic carbocycles. The van der Waals surface area contributed by atoms with Crippen LogP contribution in [-0.2, 0) is 5.60 Å². The first kappa shape index (κ1) is 11.7. The topological polar surface area (TPSA) is 36.6 Å². The number of furan rings is 1. The van der Waals surface area contributed by atoms with Crippen LogP contribution in [0.25, 0.3) is 0 Å². The minimum atomic E-state index is -0.730. The van der Waals surface area contributed by atoms with Gasteiger partial charge in [0.05, 0.1) is 6.26 Å². The first-order chi connectivity index (χ1) is 7.74. The maximum atomic E-state index is 10.5. The molecule has 0 spiro atoms. The van der Waals surface area contributed by atoms with Crippen molar-refractivity contribution in [2.24, 2.45) is 0 Å². The normalized spacial score (nSPS) is 21.1. The molecule has 16 heavy (non-hydrogen) atoms. The maximum absolute atomic E-state index is 10.5. The fraction of sp³-hybridized carbons (Fsp3) is 0.692. The number of likely N-dealkylation sites (tertiary alicyclic amines) is 1. The summed E-state index contributed by atoms with van der Waals surface area (Å²) < 4.78 is 5.32. The Morgan fingerprint density at radius 3 is 2.75 bits per heavy atom. The summed E-state index contributed by atoms with van der Waals surface area (Å²) in [5, 5.41) is 10.5. The SMILES string of the molecule is CCCCN1CCC(O)(c2ccco2)CC1. The first-order valence-corrected chi connectivity index (χ1v) is 6.23. The molecule has 2 heterocycles. The molecule has 1 aromatic rings. The van der Waals surface area contributed by atoms with Crippen LogP contribution in [0.3, 0.4) is 0 Å². The quantitative estimate of drug-likeness (QED) is 0.851. The van der Waals surface area contributed by atoms with Crippen molar-refractivity contribution in [1.29, 1.82) is 0 Å². The van der Waals surface area contributed by atoms with Crippen LogP contribution in [0.4, 0.5) is 0 Å². The van der Waals surface area contributed by atoms with Crippen molar-refractivity contribution in [3.63, 3.8) is 0 Å². The Morgan fingerprint density at radius 1 is 1.44 bits per heavy atom. The van der Waals surface area contributed by atoms with Gasteiger partial charge >= 0.3 is 0 Å². The molecule has 1 saturated heterocycles. The summed E-state index contributed by atoms with van der Waals surface area (Å²) in [7, 11) is 0. The standard InChI is InChI=1S/C13H21NO2/c1-2-3-8-14-9-6-13(15,7-10-14)12-5-4-11-16-12/h4-5,11,15H,2-3,6-10H2,1H3. The van der Waals surface area contributed by atoms with Crippen molar-refractivity contribution in [1.82, 2.24) is 4.90 Å². The van der Waals surface area contributed by atoms with E-state index in [-0.39, 0.29) is 0 Å². The lowest BCUT2D eigenvalue weighted by molar-refractivity contribution is -0.0421. The van der Waals surface area contributed by atoms with Crippen LogP contribution in [0.1, 0.15) is 38.4 Å². The van der Waals surface area contributed by atoms with Gasteiger partial charge in [0.2, 0.25) is 0 Å². The molecule has 0 atom stereocenters. The molecule has 0 aromatic carbocycles. The van der Waals surface area contributed by atoms with Crippen molar-refractivity contribution in [2.75, 3.05) is 19.6 Å². The average Bonchev–Trinajstić information content (AvgIpc) is 2.83. The number of rotatable bonds is 4. The van der Waals surface area contributed by atoms with Gasteiger partial charge in [0, 0.05) is 13.1 Å². The Kier molecular flexibility index (Phi) is 3.66. The van der Waals surface area contributed by atoms with Crippen molar-refractivity contribution in [2.45, 2.75) is 38.2 Å². The second kappa shape index (κ2) is 5.02. The lowest BCUT2D eigenvalue weighted by atomic mass is 9.89. The Morgan fingerprint density at radius 2 is 2.19 bits per heavy atom. The van der Waals surface area contributed by atoms with Gasteiger partial charge in [-0.05, 0) is 37.9 Å². The van der Waals surface area contributed by atoms with Gasteiger partial charge in [0.1, 0.15) is 11.4 Å². The zero-order chi connectivity index (χ0) is 11.4. The molecule has 1 fully saturated rings. The molecular weight excluding hydrogens is 202 g/mol. The predicted octanol–water partition coefficient (Wildman–Crippen LogP) is 2.36. The number of unbranched alkanes of at least 4 members (excludes halogenated alkanes) is 1. The van der Waals surface area contributed by atoms with E-state index in [0.29, 0.717) is 0 Å². The van der Waals surface area contributed by atoms with Crippen molar-refractivity contribution < 1.29 is 9.52 Å². The highest BCUT2D eigenvalue weighted by molar-refractivity contribution is 5.10. The number of aliphatic hydroxyl groups is 1. The largest absolute Gasteiger partial charge is 0.466 e. The number of hydrogen-bond acceptors (Lipinski definition) is 3. The van der Waals surface area contributed by atoms with Gasteiger partial charge < -0.3 is 14.4 Å². The van der Waals surface area contributed by atoms with E-state index in [9.17, 15) is 5.11 Å². The summed E-state index contributed by atoms with van der Waals surface area (Å²) in [5.74, 6) is 0.725.